The normalized spacial score (nSPS) is 12.0. The van der Waals surface area contributed by atoms with Crippen molar-refractivity contribution in [2.24, 2.45) is 0 Å². The molecule has 0 fully saturated rings. The first kappa shape index (κ1) is 36.9. The predicted molar refractivity (Wildman–Crippen MR) is 206 cm³/mol. The number of rotatable bonds is 16. The molecule has 0 aliphatic carbocycles. The molecule has 0 aliphatic heterocycles. The second-order valence-corrected chi connectivity index (χ2v) is 13.5. The number of oxazole rings is 1. The van der Waals surface area contributed by atoms with Crippen LogP contribution in [0.1, 0.15) is 11.1 Å². The minimum absolute atomic E-state index is 0.197. The first-order valence-corrected chi connectivity index (χ1v) is 19.0. The van der Waals surface area contributed by atoms with Crippen molar-refractivity contribution in [1.29, 1.82) is 0 Å². The van der Waals surface area contributed by atoms with E-state index in [1.165, 1.54) is 23.5 Å². The zero-order valence-electron chi connectivity index (χ0n) is 28.3. The van der Waals surface area contributed by atoms with Crippen LogP contribution in [0, 0.1) is 0 Å². The van der Waals surface area contributed by atoms with Gasteiger partial charge in [-0.3, -0.25) is 19.2 Å². The third kappa shape index (κ3) is 11.1. The van der Waals surface area contributed by atoms with Crippen molar-refractivity contribution in [1.82, 2.24) is 15.6 Å². The maximum absolute atomic E-state index is 13.0. The Hall–Kier alpha value is -5.33. The quantitative estimate of drug-likeness (QED) is 0.0963. The fraction of sp³-hybridized carbons (Fsp3) is 0.205. The number of benzene rings is 4. The Balaban J connectivity index is 1.14. The average molecular weight is 722 g/mol. The van der Waals surface area contributed by atoms with E-state index in [-0.39, 0.29) is 36.5 Å². The molecule has 262 valence electrons. The summed E-state index contributed by atoms with van der Waals surface area (Å²) in [6, 6.07) is 31.7. The summed E-state index contributed by atoms with van der Waals surface area (Å²) < 4.78 is 6.04. The molecule has 0 unspecified atom stereocenters. The van der Waals surface area contributed by atoms with Crippen LogP contribution >= 0.6 is 23.5 Å². The number of aromatic nitrogens is 1. The van der Waals surface area contributed by atoms with Gasteiger partial charge in [0.05, 0.1) is 19.0 Å². The van der Waals surface area contributed by atoms with Gasteiger partial charge in [-0.2, -0.15) is 23.5 Å². The van der Waals surface area contributed by atoms with Crippen molar-refractivity contribution in [3.05, 3.63) is 127 Å². The number of nitrogens with zero attached hydrogens (tertiary/aromatic N) is 1. The Morgan fingerprint density at radius 1 is 0.608 bits per heavy atom. The van der Waals surface area contributed by atoms with Gasteiger partial charge < -0.3 is 25.7 Å². The zero-order valence-corrected chi connectivity index (χ0v) is 29.9. The van der Waals surface area contributed by atoms with Crippen molar-refractivity contribution in [3.8, 4) is 22.8 Å². The first-order chi connectivity index (χ1) is 24.8. The van der Waals surface area contributed by atoms with Crippen molar-refractivity contribution in [2.75, 3.05) is 34.7 Å². The summed E-state index contributed by atoms with van der Waals surface area (Å²) in [6.07, 6.45) is 5.79. The monoisotopic (exact) mass is 721 g/mol. The summed E-state index contributed by atoms with van der Waals surface area (Å²) in [6.45, 7) is 0. The van der Waals surface area contributed by atoms with Crippen LogP contribution in [0.25, 0.3) is 22.8 Å². The van der Waals surface area contributed by atoms with Crippen LogP contribution < -0.4 is 21.3 Å². The molecule has 0 saturated carbocycles. The van der Waals surface area contributed by atoms with Gasteiger partial charge in [-0.25, -0.2) is 4.98 Å². The molecule has 51 heavy (non-hydrogen) atoms. The number of hydrogen-bond donors (Lipinski definition) is 4. The highest BCUT2D eigenvalue weighted by molar-refractivity contribution is 7.98. The van der Waals surface area contributed by atoms with E-state index in [1.54, 1.807) is 42.6 Å². The van der Waals surface area contributed by atoms with Gasteiger partial charge >= 0.3 is 0 Å². The van der Waals surface area contributed by atoms with E-state index < -0.39 is 12.1 Å². The molecule has 0 saturated heterocycles. The van der Waals surface area contributed by atoms with Crippen LogP contribution in [-0.4, -0.2) is 64.7 Å². The molecule has 5 aromatic rings. The van der Waals surface area contributed by atoms with Gasteiger partial charge in [0.25, 0.3) is 0 Å². The Kier molecular flexibility index (Phi) is 13.5. The van der Waals surface area contributed by atoms with Crippen LogP contribution in [0.15, 0.2) is 120 Å². The molecular weight excluding hydrogens is 683 g/mol. The number of hydrogen-bond acceptors (Lipinski definition) is 8. The van der Waals surface area contributed by atoms with Gasteiger partial charge in [0.1, 0.15) is 12.1 Å². The average Bonchev–Trinajstić information content (AvgIpc) is 3.63. The highest BCUT2D eigenvalue weighted by Crippen LogP contribution is 2.28. The standard InChI is InChI=1S/C39H39N5O5S2/c1-50-24-32(43-35(45)21-26-9-5-3-6-10-26)37(47)41-30-17-13-28(14-18-30)34-23-40-39(49-34)29-15-19-31(20-16-29)42-38(48)33(25-51-2)44-36(46)22-27-11-7-4-8-12-27/h3-20,23,32-33H,21-22,24-25H2,1-2H3,(H,41,47)(H,42,48)(H,43,45)(H,44,46)/t32-,33+/m0/s1. The number of carbonyl (C=O) groups is 4. The van der Waals surface area contributed by atoms with E-state index in [0.717, 1.165) is 16.7 Å². The van der Waals surface area contributed by atoms with E-state index in [0.29, 0.717) is 40.1 Å². The summed E-state index contributed by atoms with van der Waals surface area (Å²) in [5.74, 6) is 0.778. The van der Waals surface area contributed by atoms with Crippen molar-refractivity contribution >= 4 is 58.5 Å². The molecule has 4 N–H and O–H groups in total. The van der Waals surface area contributed by atoms with Gasteiger partial charge in [0.15, 0.2) is 5.76 Å². The third-order valence-electron chi connectivity index (χ3n) is 7.73. The maximum Gasteiger partial charge on any atom is 0.247 e. The zero-order chi connectivity index (χ0) is 36.0. The molecule has 2 atom stereocenters. The van der Waals surface area contributed by atoms with Crippen LogP contribution in [0.4, 0.5) is 11.4 Å². The molecule has 1 aromatic heterocycles. The van der Waals surface area contributed by atoms with Crippen molar-refractivity contribution < 1.29 is 23.6 Å². The number of amides is 4. The molecule has 0 bridgehead atoms. The highest BCUT2D eigenvalue weighted by Gasteiger charge is 2.22. The van der Waals surface area contributed by atoms with Crippen molar-refractivity contribution in [3.63, 3.8) is 0 Å². The van der Waals surface area contributed by atoms with Gasteiger partial charge in [0, 0.05) is 34.0 Å². The summed E-state index contributed by atoms with van der Waals surface area (Å²) in [7, 11) is 0. The predicted octanol–water partition coefficient (Wildman–Crippen LogP) is 6.07. The van der Waals surface area contributed by atoms with E-state index in [9.17, 15) is 19.2 Å². The Bertz CT molecular complexity index is 1760. The molecule has 0 spiro atoms. The van der Waals surface area contributed by atoms with Crippen LogP contribution in [0.5, 0.6) is 0 Å². The van der Waals surface area contributed by atoms with Gasteiger partial charge in [-0.1, -0.05) is 60.7 Å². The lowest BCUT2D eigenvalue weighted by Crippen LogP contribution is -2.46. The summed E-state index contributed by atoms with van der Waals surface area (Å²) in [4.78, 5) is 55.7. The third-order valence-corrected chi connectivity index (χ3v) is 9.06. The molecule has 4 amide bonds. The maximum atomic E-state index is 13.0. The molecule has 4 aromatic carbocycles. The fourth-order valence-corrected chi connectivity index (χ4v) is 6.30. The lowest BCUT2D eigenvalue weighted by molar-refractivity contribution is -0.125. The van der Waals surface area contributed by atoms with E-state index >= 15 is 0 Å². The van der Waals surface area contributed by atoms with Crippen molar-refractivity contribution in [2.45, 2.75) is 24.9 Å². The van der Waals surface area contributed by atoms with Crippen LogP contribution in [-0.2, 0) is 32.0 Å². The lowest BCUT2D eigenvalue weighted by atomic mass is 10.1. The number of carbonyl (C=O) groups excluding carboxylic acids is 4. The molecule has 5 rings (SSSR count). The Labute approximate surface area is 305 Å². The molecular formula is C39H39N5O5S2. The molecule has 0 radical (unpaired) electrons. The van der Waals surface area contributed by atoms with Crippen LogP contribution in [0.3, 0.4) is 0 Å². The molecule has 12 heteroatoms. The van der Waals surface area contributed by atoms with Gasteiger partial charge in [-0.05, 0) is 72.2 Å². The summed E-state index contributed by atoms with van der Waals surface area (Å²) in [5, 5.41) is 11.5. The topological polar surface area (TPSA) is 142 Å². The highest BCUT2D eigenvalue weighted by atomic mass is 32.2. The number of anilines is 2. The Morgan fingerprint density at radius 2 is 1.04 bits per heavy atom. The summed E-state index contributed by atoms with van der Waals surface area (Å²) >= 11 is 2.95. The molecule has 0 aliphatic rings. The molecule has 10 nitrogen and oxygen atoms in total. The van der Waals surface area contributed by atoms with E-state index in [1.807, 2.05) is 85.3 Å². The SMILES string of the molecule is CSC[C@H](NC(=O)Cc1ccccc1)C(=O)Nc1ccc(-c2cnc(-c3ccc(NC(=O)[C@@H](CSC)NC(=O)Cc4ccccc4)cc3)o2)cc1. The van der Waals surface area contributed by atoms with Gasteiger partial charge in [-0.15, -0.1) is 0 Å². The molecule has 1 heterocycles. The van der Waals surface area contributed by atoms with Crippen LogP contribution in [0.2, 0.25) is 0 Å². The minimum atomic E-state index is -0.688. The van der Waals surface area contributed by atoms with Gasteiger partial charge in [0.2, 0.25) is 29.5 Å². The largest absolute Gasteiger partial charge is 0.436 e. The lowest BCUT2D eigenvalue weighted by Gasteiger charge is -2.18. The van der Waals surface area contributed by atoms with E-state index in [4.69, 9.17) is 4.42 Å². The fourth-order valence-electron chi connectivity index (χ4n) is 5.17. The number of thioether (sulfide) groups is 2. The second-order valence-electron chi connectivity index (χ2n) is 11.6. The summed E-state index contributed by atoms with van der Waals surface area (Å²) in [5.41, 5.74) is 4.40. The number of nitrogens with one attached hydrogen (secondary N) is 4. The second kappa shape index (κ2) is 18.6. The van der Waals surface area contributed by atoms with E-state index in [2.05, 4.69) is 26.3 Å². The smallest absolute Gasteiger partial charge is 0.247 e. The minimum Gasteiger partial charge on any atom is -0.436 e. The first-order valence-electron chi connectivity index (χ1n) is 16.2. The Morgan fingerprint density at radius 3 is 1.47 bits per heavy atom.